The Bertz CT molecular complexity index is 138. The molecule has 1 atom stereocenters. The largest absolute Gasteiger partial charge is 0.523 e. The molecule has 0 amide bonds. The highest BCUT2D eigenvalue weighted by Crippen LogP contribution is 2.29. The quantitative estimate of drug-likeness (QED) is 0.560. The number of hydrogen-bond acceptors (Lipinski definition) is 3. The number of nitrogens with zero attached hydrogens (tertiary/aromatic N) is 1. The monoisotopic (exact) mass is 170 g/mol. The minimum absolute atomic E-state index is 0.101. The molecule has 1 aliphatic rings. The molecular weight excluding hydrogens is 167 g/mol. The zero-order valence-electron chi connectivity index (χ0n) is 4.68. The lowest BCUT2D eigenvalue weighted by molar-refractivity contribution is -0.329. The zero-order valence-corrected chi connectivity index (χ0v) is 5.50. The van der Waals surface area contributed by atoms with Gasteiger partial charge in [-0.3, -0.25) is 4.74 Å². The summed E-state index contributed by atoms with van der Waals surface area (Å²) in [5, 5.41) is 0. The summed E-state index contributed by atoms with van der Waals surface area (Å²) in [4.78, 5) is 0. The zero-order chi connectivity index (χ0) is 7.61. The molecule has 0 saturated carbocycles. The fourth-order valence-corrected chi connectivity index (χ4v) is 1.03. The van der Waals surface area contributed by atoms with Crippen molar-refractivity contribution < 1.29 is 17.9 Å². The third-order valence-electron chi connectivity index (χ3n) is 0.758. The van der Waals surface area contributed by atoms with Crippen LogP contribution < -0.4 is 0 Å². The smallest absolute Gasteiger partial charge is 0.275 e. The van der Waals surface area contributed by atoms with Gasteiger partial charge in [0.1, 0.15) is 5.44 Å². The molecule has 1 unspecified atom stereocenters. The maximum Gasteiger partial charge on any atom is 0.523 e. The fourth-order valence-electron chi connectivity index (χ4n) is 0.457. The molecule has 6 heteroatoms. The molecule has 1 rings (SSSR count). The van der Waals surface area contributed by atoms with Crippen molar-refractivity contribution in [2.45, 2.75) is 18.2 Å². The van der Waals surface area contributed by atoms with Gasteiger partial charge in [-0.25, -0.2) is 4.40 Å². The molecule has 0 aliphatic carbocycles. The molecule has 1 aliphatic heterocycles. The minimum Gasteiger partial charge on any atom is -0.275 e. The van der Waals surface area contributed by atoms with E-state index in [9.17, 15) is 13.2 Å². The van der Waals surface area contributed by atoms with E-state index in [0.717, 1.165) is 11.9 Å². The third kappa shape index (κ3) is 2.57. The van der Waals surface area contributed by atoms with Crippen LogP contribution in [0, 0.1) is 0 Å². The average molecular weight is 170 g/mol. The molecule has 0 aromatic carbocycles. The van der Waals surface area contributed by atoms with Crippen LogP contribution in [0.2, 0.25) is 0 Å². The highest BCUT2D eigenvalue weighted by Gasteiger charge is 2.34. The Morgan fingerprint density at radius 3 is 2.70 bits per heavy atom. The van der Waals surface area contributed by atoms with Crippen LogP contribution in [0.3, 0.4) is 0 Å². The first-order valence-electron chi connectivity index (χ1n) is 2.41. The van der Waals surface area contributed by atoms with E-state index >= 15 is 0 Å². The normalized spacial score (nSPS) is 25.7. The molecule has 1 radical (unpaired) electrons. The lowest BCUT2D eigenvalue weighted by Crippen LogP contribution is -2.19. The van der Waals surface area contributed by atoms with Crippen molar-refractivity contribution in [3.05, 3.63) is 0 Å². The first-order chi connectivity index (χ1) is 4.58. The Labute approximate surface area is 59.6 Å². The van der Waals surface area contributed by atoms with Gasteiger partial charge in [0, 0.05) is 18.4 Å². The van der Waals surface area contributed by atoms with E-state index in [1.54, 1.807) is 0 Å². The van der Waals surface area contributed by atoms with Crippen LogP contribution in [0.1, 0.15) is 6.42 Å². The molecule has 0 spiro atoms. The van der Waals surface area contributed by atoms with E-state index in [1.165, 1.54) is 0 Å². The van der Waals surface area contributed by atoms with Gasteiger partial charge in [-0.15, -0.1) is 13.2 Å². The van der Waals surface area contributed by atoms with Crippen LogP contribution in [-0.4, -0.2) is 18.0 Å². The molecule has 0 fully saturated rings. The summed E-state index contributed by atoms with van der Waals surface area (Å²) in [5.74, 6) is 0. The van der Waals surface area contributed by atoms with Crippen LogP contribution in [0.15, 0.2) is 4.40 Å². The Hall–Kier alpha value is -0.230. The second-order valence-electron chi connectivity index (χ2n) is 1.55. The molecule has 0 saturated heterocycles. The van der Waals surface area contributed by atoms with Gasteiger partial charge in [-0.2, -0.15) is 0 Å². The molecule has 10 heavy (non-hydrogen) atoms. The maximum absolute atomic E-state index is 11.4. The van der Waals surface area contributed by atoms with Crippen molar-refractivity contribution >= 4 is 18.2 Å². The van der Waals surface area contributed by atoms with Crippen molar-refractivity contribution in [2.75, 3.05) is 0 Å². The molecule has 2 nitrogen and oxygen atoms in total. The van der Waals surface area contributed by atoms with E-state index in [-0.39, 0.29) is 6.42 Å². The molecule has 57 valence electrons. The van der Waals surface area contributed by atoms with E-state index in [1.807, 2.05) is 0 Å². The molecule has 0 aromatic heterocycles. The second kappa shape index (κ2) is 2.79. The van der Waals surface area contributed by atoms with Crippen LogP contribution >= 0.6 is 11.9 Å². The summed E-state index contributed by atoms with van der Waals surface area (Å²) in [5.41, 5.74) is -0.931. The van der Waals surface area contributed by atoms with Gasteiger partial charge in [-0.1, -0.05) is 0 Å². The fraction of sp³-hybridized carbons (Fsp3) is 0.750. The average Bonchev–Trinajstić information content (AvgIpc) is 2.12. The van der Waals surface area contributed by atoms with Crippen LogP contribution in [0.4, 0.5) is 13.2 Å². The number of halogens is 3. The lowest BCUT2D eigenvalue weighted by atomic mass is 10.5. The van der Waals surface area contributed by atoms with Crippen molar-refractivity contribution in [1.82, 2.24) is 0 Å². The highest BCUT2D eigenvalue weighted by atomic mass is 32.2. The summed E-state index contributed by atoms with van der Waals surface area (Å²) in [6, 6.07) is 0. The molecule has 0 bridgehead atoms. The second-order valence-corrected chi connectivity index (χ2v) is 2.47. The van der Waals surface area contributed by atoms with Gasteiger partial charge in [0.25, 0.3) is 0 Å². The number of ether oxygens (including phenoxy) is 1. The molecular formula is C4H3F3NOS. The van der Waals surface area contributed by atoms with E-state index in [2.05, 4.69) is 15.3 Å². The van der Waals surface area contributed by atoms with Gasteiger partial charge in [0.05, 0.1) is 6.21 Å². The van der Waals surface area contributed by atoms with Gasteiger partial charge < -0.3 is 0 Å². The summed E-state index contributed by atoms with van der Waals surface area (Å²) in [6.07, 6.45) is -2.10. The van der Waals surface area contributed by atoms with Gasteiger partial charge in [0.2, 0.25) is 0 Å². The summed E-state index contributed by atoms with van der Waals surface area (Å²) < 4.78 is 41.2. The summed E-state index contributed by atoms with van der Waals surface area (Å²) >= 11 is 0.741. The summed E-state index contributed by atoms with van der Waals surface area (Å²) in [7, 11) is 0. The van der Waals surface area contributed by atoms with Crippen LogP contribution in [0.25, 0.3) is 0 Å². The standard InChI is InChI=1S/C4H3F3NOS/c5-4(6,7)9-3-1-2-8-10-3/h3H,1H2. The molecule has 0 aromatic rings. The first kappa shape index (κ1) is 7.87. The minimum atomic E-state index is -4.56. The van der Waals surface area contributed by atoms with Crippen molar-refractivity contribution in [3.63, 3.8) is 0 Å². The maximum atomic E-state index is 11.4. The number of rotatable bonds is 1. The van der Waals surface area contributed by atoms with E-state index in [4.69, 9.17) is 0 Å². The molecule has 0 N–H and O–H groups in total. The molecule has 1 heterocycles. The van der Waals surface area contributed by atoms with Crippen LogP contribution in [0.5, 0.6) is 0 Å². The SMILES string of the molecule is FC(F)(F)OC1C[C]=NS1. The van der Waals surface area contributed by atoms with Gasteiger partial charge in [-0.05, 0) is 0 Å². The van der Waals surface area contributed by atoms with Gasteiger partial charge >= 0.3 is 6.36 Å². The first-order valence-corrected chi connectivity index (χ1v) is 3.25. The van der Waals surface area contributed by atoms with E-state index in [0.29, 0.717) is 0 Å². The van der Waals surface area contributed by atoms with Crippen molar-refractivity contribution in [1.29, 1.82) is 0 Å². The lowest BCUT2D eigenvalue weighted by Gasteiger charge is -2.10. The van der Waals surface area contributed by atoms with Crippen molar-refractivity contribution in [3.8, 4) is 0 Å². The third-order valence-corrected chi connectivity index (χ3v) is 1.49. The highest BCUT2D eigenvalue weighted by molar-refractivity contribution is 7.98. The Kier molecular flexibility index (Phi) is 2.20. The summed E-state index contributed by atoms with van der Waals surface area (Å²) in [6.45, 7) is 0. The Balaban J connectivity index is 2.26. The number of alkyl halides is 3. The van der Waals surface area contributed by atoms with E-state index < -0.39 is 11.8 Å². The van der Waals surface area contributed by atoms with Crippen LogP contribution in [-0.2, 0) is 4.74 Å². The Morgan fingerprint density at radius 2 is 2.30 bits per heavy atom. The predicted octanol–water partition coefficient (Wildman–Crippen LogP) is 1.85. The number of hydrogen-bond donors (Lipinski definition) is 0. The van der Waals surface area contributed by atoms with Gasteiger partial charge in [0.15, 0.2) is 0 Å². The Morgan fingerprint density at radius 1 is 1.60 bits per heavy atom. The topological polar surface area (TPSA) is 21.6 Å². The van der Waals surface area contributed by atoms with Crippen molar-refractivity contribution in [2.24, 2.45) is 4.40 Å². The predicted molar refractivity (Wildman–Crippen MR) is 30.6 cm³/mol.